The van der Waals surface area contributed by atoms with Gasteiger partial charge in [-0.3, -0.25) is 14.7 Å². The first-order chi connectivity index (χ1) is 11.7. The summed E-state index contributed by atoms with van der Waals surface area (Å²) in [7, 11) is 0. The number of hydrogen-bond acceptors (Lipinski definition) is 4. The number of aliphatic hydroxyl groups excluding tert-OH is 1. The minimum absolute atomic E-state index is 0.0185. The van der Waals surface area contributed by atoms with Crippen molar-refractivity contribution in [2.75, 3.05) is 19.7 Å². The highest BCUT2D eigenvalue weighted by Crippen LogP contribution is 2.19. The monoisotopic (exact) mass is 345 g/mol. The number of carbonyl (C=O) groups is 1. The van der Waals surface area contributed by atoms with Crippen LogP contribution in [0.15, 0.2) is 48.7 Å². The molecule has 126 valence electrons. The van der Waals surface area contributed by atoms with Crippen molar-refractivity contribution in [2.24, 2.45) is 5.92 Å². The van der Waals surface area contributed by atoms with Gasteiger partial charge in [0.25, 0.3) is 5.91 Å². The highest BCUT2D eigenvalue weighted by molar-refractivity contribution is 6.30. The lowest BCUT2D eigenvalue weighted by molar-refractivity contribution is 0.0921. The van der Waals surface area contributed by atoms with Crippen LogP contribution in [0.25, 0.3) is 0 Å². The molecule has 0 spiro atoms. The first-order valence-electron chi connectivity index (χ1n) is 7.95. The summed E-state index contributed by atoms with van der Waals surface area (Å²) >= 11 is 5.85. The lowest BCUT2D eigenvalue weighted by Crippen LogP contribution is -2.41. The van der Waals surface area contributed by atoms with Gasteiger partial charge in [-0.25, -0.2) is 0 Å². The van der Waals surface area contributed by atoms with Crippen LogP contribution in [-0.4, -0.2) is 46.6 Å². The Labute approximate surface area is 146 Å². The number of halogens is 1. The Morgan fingerprint density at radius 1 is 1.25 bits per heavy atom. The summed E-state index contributed by atoms with van der Waals surface area (Å²) in [5, 5.41) is 13.3. The smallest absolute Gasteiger partial charge is 0.251 e. The summed E-state index contributed by atoms with van der Waals surface area (Å²) in [6, 6.07) is 12.5. The molecule has 6 heteroatoms. The van der Waals surface area contributed by atoms with E-state index in [4.69, 9.17) is 11.6 Å². The third-order valence-corrected chi connectivity index (χ3v) is 4.54. The first-order valence-corrected chi connectivity index (χ1v) is 8.33. The zero-order valence-electron chi connectivity index (χ0n) is 13.2. The number of carbonyl (C=O) groups excluding carboxylic acids is 1. The molecule has 2 heterocycles. The van der Waals surface area contributed by atoms with E-state index in [0.717, 1.165) is 12.2 Å². The fraction of sp³-hybridized carbons (Fsp3) is 0.333. The second-order valence-electron chi connectivity index (χ2n) is 6.04. The maximum atomic E-state index is 12.4. The molecule has 2 atom stereocenters. The number of aliphatic hydroxyl groups is 1. The first kappa shape index (κ1) is 16.9. The summed E-state index contributed by atoms with van der Waals surface area (Å²) in [5.41, 5.74) is 1.55. The number of nitrogens with zero attached hydrogens (tertiary/aromatic N) is 2. The summed E-state index contributed by atoms with van der Waals surface area (Å²) in [6.07, 6.45) is 1.77. The van der Waals surface area contributed by atoms with E-state index in [1.54, 1.807) is 30.5 Å². The molecule has 5 nitrogen and oxygen atoms in total. The Balaban J connectivity index is 1.62. The normalized spacial score (nSPS) is 20.9. The standard InChI is InChI=1S/C18H20ClN3O2/c19-15-6-4-13(5-7-15)18(24)21-17-11-22(9-14(17)12-23)10-16-3-1-2-8-20-16/h1-8,14,17,23H,9-12H2,(H,21,24)/t14-,17+/m0/s1. The number of amides is 1. The summed E-state index contributed by atoms with van der Waals surface area (Å²) < 4.78 is 0. The van der Waals surface area contributed by atoms with Crippen LogP contribution in [0.4, 0.5) is 0 Å². The van der Waals surface area contributed by atoms with E-state index in [1.807, 2.05) is 18.2 Å². The molecule has 0 aliphatic carbocycles. The predicted octanol–water partition coefficient (Wildman–Crippen LogP) is 1.96. The molecular formula is C18H20ClN3O2. The molecule has 1 aliphatic heterocycles. The Kier molecular flexibility index (Phi) is 5.45. The van der Waals surface area contributed by atoms with Crippen LogP contribution in [0.3, 0.4) is 0 Å². The third kappa shape index (κ3) is 4.12. The summed E-state index contributed by atoms with van der Waals surface area (Å²) in [4.78, 5) is 18.9. The molecule has 0 unspecified atom stereocenters. The quantitative estimate of drug-likeness (QED) is 0.869. The van der Waals surface area contributed by atoms with Crippen LogP contribution in [0, 0.1) is 5.92 Å². The van der Waals surface area contributed by atoms with E-state index < -0.39 is 0 Å². The molecule has 1 aliphatic rings. The number of pyridine rings is 1. The number of nitrogens with one attached hydrogen (secondary N) is 1. The van der Waals surface area contributed by atoms with Crippen molar-refractivity contribution in [2.45, 2.75) is 12.6 Å². The van der Waals surface area contributed by atoms with Crippen molar-refractivity contribution in [1.29, 1.82) is 0 Å². The Bertz CT molecular complexity index is 678. The van der Waals surface area contributed by atoms with Gasteiger partial charge in [0.05, 0.1) is 5.69 Å². The molecule has 1 aromatic carbocycles. The topological polar surface area (TPSA) is 65.5 Å². The molecule has 24 heavy (non-hydrogen) atoms. The summed E-state index contributed by atoms with van der Waals surface area (Å²) in [6.45, 7) is 2.19. The van der Waals surface area contributed by atoms with E-state index in [0.29, 0.717) is 23.7 Å². The van der Waals surface area contributed by atoms with Gasteiger partial charge in [0.1, 0.15) is 0 Å². The number of aromatic nitrogens is 1. The SMILES string of the molecule is O=C(N[C@@H]1CN(Cc2ccccn2)C[C@H]1CO)c1ccc(Cl)cc1. The van der Waals surface area contributed by atoms with Crippen molar-refractivity contribution in [3.8, 4) is 0 Å². The molecule has 2 aromatic rings. The van der Waals surface area contributed by atoms with Crippen LogP contribution in [-0.2, 0) is 6.54 Å². The zero-order chi connectivity index (χ0) is 16.9. The highest BCUT2D eigenvalue weighted by Gasteiger charge is 2.33. The Hall–Kier alpha value is -1.95. The fourth-order valence-corrected chi connectivity index (χ4v) is 3.14. The molecule has 1 aromatic heterocycles. The minimum Gasteiger partial charge on any atom is -0.396 e. The Morgan fingerprint density at radius 2 is 2.04 bits per heavy atom. The van der Waals surface area contributed by atoms with E-state index in [9.17, 15) is 9.90 Å². The van der Waals surface area contributed by atoms with Gasteiger partial charge in [-0.05, 0) is 36.4 Å². The van der Waals surface area contributed by atoms with Crippen molar-refractivity contribution < 1.29 is 9.90 Å². The molecule has 0 bridgehead atoms. The third-order valence-electron chi connectivity index (χ3n) is 4.29. The second-order valence-corrected chi connectivity index (χ2v) is 6.48. The van der Waals surface area contributed by atoms with Crippen molar-refractivity contribution in [3.05, 3.63) is 64.9 Å². The summed E-state index contributed by atoms with van der Waals surface area (Å²) in [5.74, 6) is -0.125. The molecule has 0 radical (unpaired) electrons. The van der Waals surface area contributed by atoms with Crippen LogP contribution >= 0.6 is 11.6 Å². The number of hydrogen-bond donors (Lipinski definition) is 2. The average Bonchev–Trinajstić information content (AvgIpc) is 2.97. The van der Waals surface area contributed by atoms with Crippen molar-refractivity contribution in [3.63, 3.8) is 0 Å². The Morgan fingerprint density at radius 3 is 2.71 bits per heavy atom. The maximum Gasteiger partial charge on any atom is 0.251 e. The number of benzene rings is 1. The van der Waals surface area contributed by atoms with Crippen LogP contribution in [0.5, 0.6) is 0 Å². The number of rotatable bonds is 5. The van der Waals surface area contributed by atoms with Gasteiger partial charge >= 0.3 is 0 Å². The molecule has 1 saturated heterocycles. The molecule has 0 saturated carbocycles. The lowest BCUT2D eigenvalue weighted by Gasteiger charge is -2.18. The zero-order valence-corrected chi connectivity index (χ0v) is 14.0. The average molecular weight is 346 g/mol. The predicted molar refractivity (Wildman–Crippen MR) is 92.8 cm³/mol. The highest BCUT2D eigenvalue weighted by atomic mass is 35.5. The van der Waals surface area contributed by atoms with E-state index in [-0.39, 0.29) is 24.5 Å². The van der Waals surface area contributed by atoms with Gasteiger partial charge in [-0.2, -0.15) is 0 Å². The fourth-order valence-electron chi connectivity index (χ4n) is 3.01. The second kappa shape index (κ2) is 7.75. The molecule has 1 fully saturated rings. The van der Waals surface area contributed by atoms with Crippen LogP contribution in [0.1, 0.15) is 16.1 Å². The van der Waals surface area contributed by atoms with E-state index in [1.165, 1.54) is 0 Å². The number of likely N-dealkylation sites (tertiary alicyclic amines) is 1. The minimum atomic E-state index is -0.144. The van der Waals surface area contributed by atoms with Crippen molar-refractivity contribution >= 4 is 17.5 Å². The molecule has 2 N–H and O–H groups in total. The van der Waals surface area contributed by atoms with E-state index >= 15 is 0 Å². The van der Waals surface area contributed by atoms with Crippen LogP contribution in [0.2, 0.25) is 5.02 Å². The van der Waals surface area contributed by atoms with Gasteiger partial charge in [-0.15, -0.1) is 0 Å². The molecule has 1 amide bonds. The van der Waals surface area contributed by atoms with E-state index in [2.05, 4.69) is 15.2 Å². The maximum absolute atomic E-state index is 12.4. The largest absolute Gasteiger partial charge is 0.396 e. The van der Waals surface area contributed by atoms with Gasteiger partial charge in [0, 0.05) is 55.0 Å². The van der Waals surface area contributed by atoms with Gasteiger partial charge < -0.3 is 10.4 Å². The van der Waals surface area contributed by atoms with Gasteiger partial charge in [0.15, 0.2) is 0 Å². The molecule has 3 rings (SSSR count). The lowest BCUT2D eigenvalue weighted by atomic mass is 10.0. The molecular weight excluding hydrogens is 326 g/mol. The van der Waals surface area contributed by atoms with Gasteiger partial charge in [0.2, 0.25) is 0 Å². The van der Waals surface area contributed by atoms with Crippen LogP contribution < -0.4 is 5.32 Å². The van der Waals surface area contributed by atoms with Gasteiger partial charge in [-0.1, -0.05) is 17.7 Å². The van der Waals surface area contributed by atoms with Crippen molar-refractivity contribution in [1.82, 2.24) is 15.2 Å².